The van der Waals surface area contributed by atoms with E-state index in [1.54, 1.807) is 0 Å². The molecule has 1 aliphatic rings. The molecule has 3 atom stereocenters. The highest BCUT2D eigenvalue weighted by atomic mass is 16.5. The topological polar surface area (TPSA) is 46.5 Å². The highest BCUT2D eigenvalue weighted by Gasteiger charge is 2.31. The van der Waals surface area contributed by atoms with Gasteiger partial charge in [-0.25, -0.2) is 0 Å². The highest BCUT2D eigenvalue weighted by Crippen LogP contribution is 2.27. The molecule has 0 spiro atoms. The number of carboxylic acids is 1. The normalized spacial score (nSPS) is 33.2. The first-order valence-electron chi connectivity index (χ1n) is 4.68. The van der Waals surface area contributed by atoms with E-state index in [0.717, 1.165) is 0 Å². The van der Waals surface area contributed by atoms with Gasteiger partial charge in [-0.05, 0) is 19.3 Å². The lowest BCUT2D eigenvalue weighted by Crippen LogP contribution is -2.33. The largest absolute Gasteiger partial charge is 0.481 e. The van der Waals surface area contributed by atoms with Crippen LogP contribution in [0.5, 0.6) is 0 Å². The summed E-state index contributed by atoms with van der Waals surface area (Å²) in [7, 11) is 0. The Balaban J connectivity index is 2.64. The van der Waals surface area contributed by atoms with Gasteiger partial charge < -0.3 is 9.84 Å². The average Bonchev–Trinajstić information content (AvgIpc) is 2.08. The molecule has 0 saturated heterocycles. The van der Waals surface area contributed by atoms with E-state index < -0.39 is 5.97 Å². The summed E-state index contributed by atoms with van der Waals surface area (Å²) in [6.45, 7) is 4.49. The van der Waals surface area contributed by atoms with Gasteiger partial charge >= 0.3 is 5.97 Å². The van der Waals surface area contributed by atoms with E-state index in [9.17, 15) is 4.79 Å². The van der Waals surface area contributed by atoms with Crippen LogP contribution in [-0.2, 0) is 9.53 Å². The number of allylic oxidation sites excluding steroid dienone is 1. The van der Waals surface area contributed by atoms with Gasteiger partial charge in [0.15, 0.2) is 0 Å². The van der Waals surface area contributed by atoms with Crippen LogP contribution in [0.15, 0.2) is 12.2 Å². The molecule has 0 bridgehead atoms. The molecule has 1 N–H and O–H groups in total. The van der Waals surface area contributed by atoms with E-state index in [0.29, 0.717) is 13.0 Å². The molecule has 0 aromatic heterocycles. The van der Waals surface area contributed by atoms with Gasteiger partial charge in [-0.1, -0.05) is 19.1 Å². The van der Waals surface area contributed by atoms with E-state index in [1.165, 1.54) is 0 Å². The summed E-state index contributed by atoms with van der Waals surface area (Å²) in [6.07, 6.45) is 4.46. The first kappa shape index (κ1) is 10.3. The maximum atomic E-state index is 10.8. The van der Waals surface area contributed by atoms with Crippen molar-refractivity contribution >= 4 is 5.97 Å². The number of aliphatic carboxylic acids is 1. The summed E-state index contributed by atoms with van der Waals surface area (Å²) < 4.78 is 5.43. The Morgan fingerprint density at radius 1 is 1.69 bits per heavy atom. The minimum absolute atomic E-state index is 0.0279. The second-order valence-corrected chi connectivity index (χ2v) is 3.39. The van der Waals surface area contributed by atoms with Crippen LogP contribution in [0.1, 0.15) is 20.3 Å². The molecule has 74 valence electrons. The van der Waals surface area contributed by atoms with E-state index in [4.69, 9.17) is 9.84 Å². The fourth-order valence-electron chi connectivity index (χ4n) is 1.70. The van der Waals surface area contributed by atoms with Crippen LogP contribution in [0, 0.1) is 11.8 Å². The van der Waals surface area contributed by atoms with E-state index in [2.05, 4.69) is 0 Å². The monoisotopic (exact) mass is 184 g/mol. The summed E-state index contributed by atoms with van der Waals surface area (Å²) in [5, 5.41) is 8.91. The van der Waals surface area contributed by atoms with Crippen molar-refractivity contribution < 1.29 is 14.6 Å². The fraction of sp³-hybridized carbons (Fsp3) is 0.700. The average molecular weight is 184 g/mol. The Kier molecular flexibility index (Phi) is 3.48. The lowest BCUT2D eigenvalue weighted by Gasteiger charge is -2.29. The second kappa shape index (κ2) is 4.42. The molecule has 1 aliphatic carbocycles. The molecular formula is C10H16O3. The van der Waals surface area contributed by atoms with Crippen LogP contribution in [0.25, 0.3) is 0 Å². The number of ether oxygens (including phenoxy) is 1. The fourth-order valence-corrected chi connectivity index (χ4v) is 1.70. The second-order valence-electron chi connectivity index (χ2n) is 3.39. The van der Waals surface area contributed by atoms with Crippen molar-refractivity contribution in [3.63, 3.8) is 0 Å². The molecule has 0 amide bonds. The van der Waals surface area contributed by atoms with Crippen LogP contribution >= 0.6 is 0 Å². The van der Waals surface area contributed by atoms with Crippen LogP contribution in [-0.4, -0.2) is 23.8 Å². The maximum Gasteiger partial charge on any atom is 0.307 e. The Morgan fingerprint density at radius 3 is 2.92 bits per heavy atom. The van der Waals surface area contributed by atoms with Crippen molar-refractivity contribution in [2.24, 2.45) is 11.8 Å². The van der Waals surface area contributed by atoms with Crippen molar-refractivity contribution in [2.75, 3.05) is 6.61 Å². The first-order valence-corrected chi connectivity index (χ1v) is 4.68. The Hall–Kier alpha value is -0.830. The predicted molar refractivity (Wildman–Crippen MR) is 49.5 cm³/mol. The molecule has 3 heteroatoms. The van der Waals surface area contributed by atoms with Gasteiger partial charge in [-0.3, -0.25) is 4.79 Å². The minimum atomic E-state index is -0.721. The number of carboxylic acid groups (broad SMARTS) is 1. The first-order chi connectivity index (χ1) is 6.16. The number of rotatable bonds is 3. The van der Waals surface area contributed by atoms with Gasteiger partial charge in [0.25, 0.3) is 0 Å². The van der Waals surface area contributed by atoms with Gasteiger partial charge in [-0.15, -0.1) is 0 Å². The van der Waals surface area contributed by atoms with Crippen molar-refractivity contribution in [2.45, 2.75) is 26.4 Å². The van der Waals surface area contributed by atoms with Crippen molar-refractivity contribution in [1.82, 2.24) is 0 Å². The Labute approximate surface area is 78.4 Å². The van der Waals surface area contributed by atoms with Gasteiger partial charge in [-0.2, -0.15) is 0 Å². The third-order valence-corrected chi connectivity index (χ3v) is 2.54. The lowest BCUT2D eigenvalue weighted by molar-refractivity contribution is -0.145. The molecule has 0 aromatic carbocycles. The Bertz CT molecular complexity index is 210. The van der Waals surface area contributed by atoms with E-state index in [-0.39, 0.29) is 17.9 Å². The summed E-state index contributed by atoms with van der Waals surface area (Å²) >= 11 is 0. The van der Waals surface area contributed by atoms with Crippen LogP contribution in [0.2, 0.25) is 0 Å². The summed E-state index contributed by atoms with van der Waals surface area (Å²) in [5.41, 5.74) is 0. The summed E-state index contributed by atoms with van der Waals surface area (Å²) in [6, 6.07) is 0. The quantitative estimate of drug-likeness (QED) is 0.679. The van der Waals surface area contributed by atoms with Gasteiger partial charge in [0.05, 0.1) is 12.0 Å². The molecule has 0 radical (unpaired) electrons. The zero-order valence-corrected chi connectivity index (χ0v) is 8.06. The van der Waals surface area contributed by atoms with Gasteiger partial charge in [0.2, 0.25) is 0 Å². The highest BCUT2D eigenvalue weighted by molar-refractivity contribution is 5.71. The SMILES string of the molecule is CCOC1C=CCC(C(=O)O)C1C. The molecule has 3 nitrogen and oxygen atoms in total. The molecule has 0 saturated carbocycles. The van der Waals surface area contributed by atoms with Crippen LogP contribution in [0.3, 0.4) is 0 Å². The third kappa shape index (κ3) is 2.31. The third-order valence-electron chi connectivity index (χ3n) is 2.54. The smallest absolute Gasteiger partial charge is 0.307 e. The summed E-state index contributed by atoms with van der Waals surface area (Å²) in [4.78, 5) is 10.8. The Morgan fingerprint density at radius 2 is 2.38 bits per heavy atom. The number of hydrogen-bond acceptors (Lipinski definition) is 2. The lowest BCUT2D eigenvalue weighted by atomic mass is 9.82. The van der Waals surface area contributed by atoms with E-state index >= 15 is 0 Å². The van der Waals surface area contributed by atoms with Crippen LogP contribution in [0.4, 0.5) is 0 Å². The molecule has 3 unspecified atom stereocenters. The van der Waals surface area contributed by atoms with Crippen molar-refractivity contribution in [3.05, 3.63) is 12.2 Å². The van der Waals surface area contributed by atoms with Crippen LogP contribution < -0.4 is 0 Å². The molecule has 0 fully saturated rings. The zero-order valence-electron chi connectivity index (χ0n) is 8.06. The van der Waals surface area contributed by atoms with Crippen molar-refractivity contribution in [1.29, 1.82) is 0 Å². The van der Waals surface area contributed by atoms with E-state index in [1.807, 2.05) is 26.0 Å². The molecule has 13 heavy (non-hydrogen) atoms. The van der Waals surface area contributed by atoms with Gasteiger partial charge in [0, 0.05) is 6.61 Å². The summed E-state index contributed by atoms with van der Waals surface area (Å²) in [5.74, 6) is -0.939. The molecule has 1 rings (SSSR count). The zero-order chi connectivity index (χ0) is 9.84. The molecule has 0 aromatic rings. The molecule has 0 heterocycles. The predicted octanol–water partition coefficient (Wildman–Crippen LogP) is 1.69. The van der Waals surface area contributed by atoms with Crippen molar-refractivity contribution in [3.8, 4) is 0 Å². The standard InChI is InChI=1S/C10H16O3/c1-3-13-9-6-4-5-8(7(9)2)10(11)12/h4,6-9H,3,5H2,1-2H3,(H,11,12). The maximum absolute atomic E-state index is 10.8. The molecule has 0 aliphatic heterocycles. The van der Waals surface area contributed by atoms with Gasteiger partial charge in [0.1, 0.15) is 0 Å². The number of carbonyl (C=O) groups is 1. The molecular weight excluding hydrogens is 168 g/mol. The number of hydrogen-bond donors (Lipinski definition) is 1. The minimum Gasteiger partial charge on any atom is -0.481 e.